The molecule has 0 radical (unpaired) electrons. The second-order valence-corrected chi connectivity index (χ2v) is 3.22. The second kappa shape index (κ2) is 6.72. The molecule has 76 valence electrons. The minimum Gasteiger partial charge on any atom is -0.374 e. The Bertz CT molecular complexity index is 163. The molecule has 0 aliphatic carbocycles. The van der Waals surface area contributed by atoms with E-state index in [2.05, 4.69) is 31.4 Å². The van der Waals surface area contributed by atoms with Crippen LogP contribution in [0.1, 0.15) is 27.2 Å². The molecule has 2 unspecified atom stereocenters. The third-order valence-corrected chi connectivity index (χ3v) is 2.39. The Balaban J connectivity index is 4.05. The number of hydrogen-bond acceptors (Lipinski definition) is 2. The van der Waals surface area contributed by atoms with Crippen molar-refractivity contribution in [3.63, 3.8) is 0 Å². The lowest BCUT2D eigenvalue weighted by Gasteiger charge is -2.30. The smallest absolute Gasteiger partial charge is 0.0410 e. The molecule has 0 aliphatic heterocycles. The van der Waals surface area contributed by atoms with Gasteiger partial charge in [0.1, 0.15) is 0 Å². The van der Waals surface area contributed by atoms with Gasteiger partial charge in [-0.05, 0) is 33.4 Å². The molecule has 0 aliphatic rings. The first-order chi connectivity index (χ1) is 6.17. The number of rotatable bonds is 6. The van der Waals surface area contributed by atoms with Gasteiger partial charge >= 0.3 is 0 Å². The quantitative estimate of drug-likeness (QED) is 0.638. The molecule has 0 bridgehead atoms. The fourth-order valence-corrected chi connectivity index (χ4v) is 1.32. The van der Waals surface area contributed by atoms with Gasteiger partial charge < -0.3 is 10.6 Å². The van der Waals surface area contributed by atoms with E-state index < -0.39 is 0 Å². The zero-order chi connectivity index (χ0) is 10.3. The van der Waals surface area contributed by atoms with Crippen LogP contribution in [0, 0.1) is 0 Å². The van der Waals surface area contributed by atoms with Crippen molar-refractivity contribution in [2.45, 2.75) is 39.3 Å². The molecular weight excluding hydrogens is 160 g/mol. The molecule has 2 N–H and O–H groups in total. The zero-order valence-electron chi connectivity index (χ0n) is 9.03. The second-order valence-electron chi connectivity index (χ2n) is 3.22. The minimum atomic E-state index is 0.189. The van der Waals surface area contributed by atoms with Crippen LogP contribution in [0.4, 0.5) is 0 Å². The monoisotopic (exact) mass is 182 g/mol. The molecule has 0 amide bonds. The summed E-state index contributed by atoms with van der Waals surface area (Å²) in [5, 5.41) is 0. The molecule has 0 rings (SSSR count). The van der Waals surface area contributed by atoms with Crippen LogP contribution < -0.4 is 5.73 Å². The molecule has 0 spiro atoms. The fourth-order valence-electron chi connectivity index (χ4n) is 1.32. The Hall–Kier alpha value is -0.760. The predicted octanol–water partition coefficient (Wildman–Crippen LogP) is 2.13. The van der Waals surface area contributed by atoms with Crippen molar-refractivity contribution in [1.29, 1.82) is 0 Å². The maximum Gasteiger partial charge on any atom is 0.0410 e. The van der Waals surface area contributed by atoms with Gasteiger partial charge in [-0.3, -0.25) is 0 Å². The summed E-state index contributed by atoms with van der Waals surface area (Å²) in [5.74, 6) is 0. The predicted molar refractivity (Wildman–Crippen MR) is 59.4 cm³/mol. The highest BCUT2D eigenvalue weighted by molar-refractivity contribution is 4.89. The van der Waals surface area contributed by atoms with Crippen molar-refractivity contribution in [2.75, 3.05) is 6.54 Å². The van der Waals surface area contributed by atoms with E-state index in [4.69, 9.17) is 5.73 Å². The molecule has 2 nitrogen and oxygen atoms in total. The van der Waals surface area contributed by atoms with E-state index >= 15 is 0 Å². The van der Waals surface area contributed by atoms with Crippen molar-refractivity contribution >= 4 is 0 Å². The molecular formula is C11H22N2. The highest BCUT2D eigenvalue weighted by atomic mass is 15.1. The summed E-state index contributed by atoms with van der Waals surface area (Å²) >= 11 is 0. The van der Waals surface area contributed by atoms with E-state index in [9.17, 15) is 0 Å². The topological polar surface area (TPSA) is 29.3 Å². The first kappa shape index (κ1) is 12.2. The summed E-state index contributed by atoms with van der Waals surface area (Å²) in [4.78, 5) is 2.16. The van der Waals surface area contributed by atoms with Gasteiger partial charge in [-0.15, -0.1) is 0 Å². The lowest BCUT2D eigenvalue weighted by molar-refractivity contribution is 0.269. The molecule has 13 heavy (non-hydrogen) atoms. The van der Waals surface area contributed by atoms with Crippen molar-refractivity contribution in [3.8, 4) is 0 Å². The maximum absolute atomic E-state index is 6.01. The van der Waals surface area contributed by atoms with Gasteiger partial charge in [-0.25, -0.2) is 0 Å². The molecule has 2 heteroatoms. The van der Waals surface area contributed by atoms with Crippen molar-refractivity contribution in [1.82, 2.24) is 4.90 Å². The fraction of sp³-hybridized carbons (Fsp3) is 0.636. The number of allylic oxidation sites excluding steroid dienone is 1. The van der Waals surface area contributed by atoms with Crippen molar-refractivity contribution in [3.05, 3.63) is 24.9 Å². The average molecular weight is 182 g/mol. The SMILES string of the molecule is C=CN(CC)C(C)C(N)CC=CC. The molecule has 2 atom stereocenters. The van der Waals surface area contributed by atoms with Gasteiger partial charge in [-0.2, -0.15) is 0 Å². The third-order valence-electron chi connectivity index (χ3n) is 2.39. The third kappa shape index (κ3) is 4.13. The van der Waals surface area contributed by atoms with Crippen molar-refractivity contribution < 1.29 is 0 Å². The van der Waals surface area contributed by atoms with Crippen molar-refractivity contribution in [2.24, 2.45) is 5.73 Å². The van der Waals surface area contributed by atoms with Gasteiger partial charge in [-0.1, -0.05) is 18.7 Å². The van der Waals surface area contributed by atoms with Crippen LogP contribution >= 0.6 is 0 Å². The summed E-state index contributed by atoms with van der Waals surface area (Å²) in [6.45, 7) is 11.0. The number of nitrogens with two attached hydrogens (primary N) is 1. The van der Waals surface area contributed by atoms with Gasteiger partial charge in [0.25, 0.3) is 0 Å². The largest absolute Gasteiger partial charge is 0.374 e. The number of hydrogen-bond donors (Lipinski definition) is 1. The Morgan fingerprint density at radius 3 is 2.54 bits per heavy atom. The lowest BCUT2D eigenvalue weighted by Crippen LogP contribution is -2.43. The van der Waals surface area contributed by atoms with Gasteiger partial charge in [0.15, 0.2) is 0 Å². The maximum atomic E-state index is 6.01. The van der Waals surface area contributed by atoms with E-state index in [1.165, 1.54) is 0 Å². The Morgan fingerprint density at radius 2 is 2.15 bits per heavy atom. The summed E-state index contributed by atoms with van der Waals surface area (Å²) in [6.07, 6.45) is 6.94. The van der Waals surface area contributed by atoms with Gasteiger partial charge in [0, 0.05) is 18.6 Å². The number of likely N-dealkylation sites (N-methyl/N-ethyl adjacent to an activating group) is 1. The molecule has 0 aromatic rings. The Kier molecular flexibility index (Phi) is 6.33. The first-order valence-corrected chi connectivity index (χ1v) is 4.92. The van der Waals surface area contributed by atoms with E-state index in [0.29, 0.717) is 6.04 Å². The molecule has 0 heterocycles. The summed E-state index contributed by atoms with van der Waals surface area (Å²) < 4.78 is 0. The summed E-state index contributed by atoms with van der Waals surface area (Å²) in [5.41, 5.74) is 6.01. The van der Waals surface area contributed by atoms with Crippen LogP contribution in [-0.4, -0.2) is 23.5 Å². The van der Waals surface area contributed by atoms with Gasteiger partial charge in [0.05, 0.1) is 0 Å². The Labute approximate surface area is 82.1 Å². The van der Waals surface area contributed by atoms with E-state index in [1.807, 2.05) is 19.2 Å². The van der Waals surface area contributed by atoms with Gasteiger partial charge in [0.2, 0.25) is 0 Å². The zero-order valence-corrected chi connectivity index (χ0v) is 9.03. The van der Waals surface area contributed by atoms with Crippen LogP contribution in [0.25, 0.3) is 0 Å². The summed E-state index contributed by atoms with van der Waals surface area (Å²) in [6, 6.07) is 0.549. The Morgan fingerprint density at radius 1 is 1.54 bits per heavy atom. The van der Waals surface area contributed by atoms with Crippen LogP contribution in [0.15, 0.2) is 24.9 Å². The van der Waals surface area contributed by atoms with Crippen LogP contribution in [0.3, 0.4) is 0 Å². The lowest BCUT2D eigenvalue weighted by atomic mass is 10.1. The van der Waals surface area contributed by atoms with Crippen LogP contribution in [-0.2, 0) is 0 Å². The highest BCUT2D eigenvalue weighted by Crippen LogP contribution is 2.06. The molecule has 0 aromatic carbocycles. The van der Waals surface area contributed by atoms with Crippen LogP contribution in [0.2, 0.25) is 0 Å². The average Bonchev–Trinajstić information content (AvgIpc) is 2.15. The van der Waals surface area contributed by atoms with E-state index in [0.717, 1.165) is 13.0 Å². The van der Waals surface area contributed by atoms with Crippen LogP contribution in [0.5, 0.6) is 0 Å². The molecule has 0 aromatic heterocycles. The minimum absolute atomic E-state index is 0.189. The number of nitrogens with zero attached hydrogens (tertiary/aromatic N) is 1. The molecule has 0 saturated carbocycles. The van der Waals surface area contributed by atoms with E-state index in [1.54, 1.807) is 0 Å². The molecule has 0 fully saturated rings. The summed E-state index contributed by atoms with van der Waals surface area (Å²) in [7, 11) is 0. The first-order valence-electron chi connectivity index (χ1n) is 4.92. The standard InChI is InChI=1S/C11H22N2/c1-5-8-9-11(12)10(4)13(6-2)7-3/h5-6,8,10-11H,2,7,9,12H2,1,3-4H3. The van der Waals surface area contributed by atoms with E-state index in [-0.39, 0.29) is 6.04 Å². The normalized spacial score (nSPS) is 15.7. The molecule has 0 saturated heterocycles. The highest BCUT2D eigenvalue weighted by Gasteiger charge is 2.14.